The van der Waals surface area contributed by atoms with Gasteiger partial charge in [-0.15, -0.1) is 21.5 Å². The van der Waals surface area contributed by atoms with Crippen LogP contribution in [0.15, 0.2) is 38.9 Å². The molecular weight excluding hydrogens is 373 g/mol. The van der Waals surface area contributed by atoms with E-state index in [2.05, 4.69) is 25.6 Å². The molecule has 0 aliphatic rings. The van der Waals surface area contributed by atoms with Crippen LogP contribution in [0.3, 0.4) is 0 Å². The fourth-order valence-electron chi connectivity index (χ4n) is 1.84. The summed E-state index contributed by atoms with van der Waals surface area (Å²) in [4.78, 5) is 27.4. The number of hydrogen-bond donors (Lipinski definition) is 1. The van der Waals surface area contributed by atoms with E-state index in [1.54, 1.807) is 0 Å². The van der Waals surface area contributed by atoms with Gasteiger partial charge in [-0.1, -0.05) is 0 Å². The Labute approximate surface area is 143 Å². The number of carbonyl (C=O) groups excluding carboxylic acids is 2. The van der Waals surface area contributed by atoms with Gasteiger partial charge in [0.2, 0.25) is 25.8 Å². The quantitative estimate of drug-likeness (QED) is 0.373. The standard InChI is InChI=1S/C13H8FN5O4S2/c14-7-1-3-9(4-2-7)25(22,23)13-15-8(6-24-13)5-10(20)11(21)12-16-18-19-17-12/h1-4,6H,5H2,(H,16,17,18,19). The summed E-state index contributed by atoms with van der Waals surface area (Å²) in [6.07, 6.45) is -0.400. The molecule has 12 heteroatoms. The molecule has 1 aromatic carbocycles. The van der Waals surface area contributed by atoms with Crippen molar-refractivity contribution in [2.45, 2.75) is 15.7 Å². The monoisotopic (exact) mass is 381 g/mol. The summed E-state index contributed by atoms with van der Waals surface area (Å²) in [6, 6.07) is 4.29. The van der Waals surface area contributed by atoms with Crippen LogP contribution in [0, 0.1) is 5.82 Å². The second-order valence-corrected chi connectivity index (χ2v) is 7.71. The van der Waals surface area contributed by atoms with Crippen molar-refractivity contribution in [1.29, 1.82) is 0 Å². The zero-order valence-corrected chi connectivity index (χ0v) is 13.8. The van der Waals surface area contributed by atoms with Gasteiger partial charge >= 0.3 is 0 Å². The van der Waals surface area contributed by atoms with Crippen LogP contribution in [-0.2, 0) is 21.1 Å². The Morgan fingerprint density at radius 1 is 1.20 bits per heavy atom. The van der Waals surface area contributed by atoms with Crippen molar-refractivity contribution in [3.05, 3.63) is 47.0 Å². The molecule has 128 valence electrons. The zero-order valence-electron chi connectivity index (χ0n) is 12.2. The van der Waals surface area contributed by atoms with E-state index in [4.69, 9.17) is 0 Å². The number of nitrogens with zero attached hydrogens (tertiary/aromatic N) is 4. The molecule has 0 atom stereocenters. The number of ketones is 2. The lowest BCUT2D eigenvalue weighted by Crippen LogP contribution is -2.18. The summed E-state index contributed by atoms with van der Waals surface area (Å²) in [5, 5.41) is 13.4. The molecule has 3 rings (SSSR count). The highest BCUT2D eigenvalue weighted by atomic mass is 32.2. The number of halogens is 1. The van der Waals surface area contributed by atoms with E-state index in [1.165, 1.54) is 5.38 Å². The number of Topliss-reactive ketones (excluding diaryl/α,β-unsaturated/α-hetero) is 2. The average molecular weight is 381 g/mol. The van der Waals surface area contributed by atoms with E-state index < -0.39 is 33.6 Å². The Morgan fingerprint density at radius 2 is 1.92 bits per heavy atom. The minimum atomic E-state index is -3.93. The van der Waals surface area contributed by atoms with Gasteiger partial charge in [0, 0.05) is 5.38 Å². The summed E-state index contributed by atoms with van der Waals surface area (Å²) in [6.45, 7) is 0. The fourth-order valence-corrected chi connectivity index (χ4v) is 4.25. The molecule has 2 aromatic heterocycles. The molecule has 0 aliphatic heterocycles. The number of carbonyl (C=O) groups is 2. The first-order valence-corrected chi connectivity index (χ1v) is 9.00. The van der Waals surface area contributed by atoms with Gasteiger partial charge in [0.1, 0.15) is 5.82 Å². The van der Waals surface area contributed by atoms with Crippen LogP contribution in [0.25, 0.3) is 0 Å². The molecule has 0 saturated heterocycles. The maximum Gasteiger partial charge on any atom is 0.269 e. The van der Waals surface area contributed by atoms with Gasteiger partial charge in [-0.3, -0.25) is 9.59 Å². The van der Waals surface area contributed by atoms with Gasteiger partial charge in [0.15, 0.2) is 0 Å². The van der Waals surface area contributed by atoms with E-state index >= 15 is 0 Å². The number of H-pyrrole nitrogens is 1. The number of thiazole rings is 1. The molecule has 0 fully saturated rings. The minimum absolute atomic E-state index is 0.118. The van der Waals surface area contributed by atoms with E-state index in [0.29, 0.717) is 0 Å². The van der Waals surface area contributed by atoms with E-state index in [9.17, 15) is 22.4 Å². The second kappa shape index (κ2) is 6.57. The highest BCUT2D eigenvalue weighted by molar-refractivity contribution is 7.93. The number of rotatable bonds is 6. The molecule has 0 unspecified atom stereocenters. The summed E-state index contributed by atoms with van der Waals surface area (Å²) in [7, 11) is -3.93. The van der Waals surface area contributed by atoms with E-state index in [1.807, 2.05) is 0 Å². The van der Waals surface area contributed by atoms with Crippen LogP contribution in [0.4, 0.5) is 4.39 Å². The lowest BCUT2D eigenvalue weighted by molar-refractivity contribution is -0.114. The molecule has 9 nitrogen and oxygen atoms in total. The number of nitrogens with one attached hydrogen (secondary N) is 1. The smallest absolute Gasteiger partial charge is 0.269 e. The van der Waals surface area contributed by atoms with Crippen molar-refractivity contribution in [1.82, 2.24) is 25.6 Å². The Balaban J connectivity index is 1.79. The molecule has 1 N–H and O–H groups in total. The largest absolute Gasteiger partial charge is 0.290 e. The Kier molecular flexibility index (Phi) is 4.46. The lowest BCUT2D eigenvalue weighted by atomic mass is 10.1. The molecule has 0 saturated carbocycles. The molecule has 0 amide bonds. The van der Waals surface area contributed by atoms with E-state index in [0.717, 1.165) is 35.6 Å². The minimum Gasteiger partial charge on any atom is -0.290 e. The van der Waals surface area contributed by atoms with Crippen molar-refractivity contribution >= 4 is 32.7 Å². The summed E-state index contributed by atoms with van der Waals surface area (Å²) in [5.41, 5.74) is 0.118. The fraction of sp³-hybridized carbons (Fsp3) is 0.0769. The van der Waals surface area contributed by atoms with Gasteiger partial charge in [0.05, 0.1) is 17.0 Å². The maximum absolute atomic E-state index is 12.9. The van der Waals surface area contributed by atoms with Crippen molar-refractivity contribution < 1.29 is 22.4 Å². The summed E-state index contributed by atoms with van der Waals surface area (Å²) in [5.74, 6) is -2.74. The third-order valence-electron chi connectivity index (χ3n) is 3.03. The SMILES string of the molecule is O=C(Cc1csc(S(=O)(=O)c2ccc(F)cc2)n1)C(=O)c1nn[nH]n1. The highest BCUT2D eigenvalue weighted by Crippen LogP contribution is 2.24. The van der Waals surface area contributed by atoms with Gasteiger partial charge < -0.3 is 0 Å². The van der Waals surface area contributed by atoms with Crippen molar-refractivity contribution in [3.63, 3.8) is 0 Å². The van der Waals surface area contributed by atoms with Crippen LogP contribution >= 0.6 is 11.3 Å². The van der Waals surface area contributed by atoms with Crippen LogP contribution in [0.2, 0.25) is 0 Å². The Hall–Kier alpha value is -2.86. The number of hydrogen-bond acceptors (Lipinski definition) is 9. The lowest BCUT2D eigenvalue weighted by Gasteiger charge is -2.00. The topological polar surface area (TPSA) is 136 Å². The number of tetrazole rings is 1. The Bertz CT molecular complexity index is 1030. The Morgan fingerprint density at radius 3 is 2.56 bits per heavy atom. The molecule has 0 radical (unpaired) electrons. The molecule has 0 spiro atoms. The third kappa shape index (κ3) is 3.49. The first kappa shape index (κ1) is 17.0. The molecule has 0 aliphatic carbocycles. The normalized spacial score (nSPS) is 11.4. The van der Waals surface area contributed by atoms with Crippen molar-refractivity contribution in [2.75, 3.05) is 0 Å². The van der Waals surface area contributed by atoms with Crippen LogP contribution in [0.1, 0.15) is 16.3 Å². The second-order valence-electron chi connectivity index (χ2n) is 4.73. The predicted octanol–water partition coefficient (Wildman–Crippen LogP) is 0.623. The van der Waals surface area contributed by atoms with Gasteiger partial charge in [-0.05, 0) is 29.5 Å². The predicted molar refractivity (Wildman–Crippen MR) is 81.2 cm³/mol. The third-order valence-corrected chi connectivity index (χ3v) is 6.10. The van der Waals surface area contributed by atoms with Crippen molar-refractivity contribution in [3.8, 4) is 0 Å². The maximum atomic E-state index is 12.9. The summed E-state index contributed by atoms with van der Waals surface area (Å²) < 4.78 is 37.5. The van der Waals surface area contributed by atoms with Gasteiger partial charge in [-0.25, -0.2) is 17.8 Å². The van der Waals surface area contributed by atoms with Crippen molar-refractivity contribution in [2.24, 2.45) is 0 Å². The molecular formula is C13H8FN5O4S2. The van der Waals surface area contributed by atoms with Crippen LogP contribution < -0.4 is 0 Å². The molecule has 3 aromatic rings. The van der Waals surface area contributed by atoms with E-state index in [-0.39, 0.29) is 20.8 Å². The molecule has 0 bridgehead atoms. The first-order valence-electron chi connectivity index (χ1n) is 6.64. The van der Waals surface area contributed by atoms with Gasteiger partial charge in [-0.2, -0.15) is 5.21 Å². The van der Waals surface area contributed by atoms with Crippen LogP contribution in [0.5, 0.6) is 0 Å². The highest BCUT2D eigenvalue weighted by Gasteiger charge is 2.25. The molecule has 2 heterocycles. The first-order chi connectivity index (χ1) is 11.9. The van der Waals surface area contributed by atoms with Crippen LogP contribution in [-0.4, -0.2) is 45.6 Å². The zero-order chi connectivity index (χ0) is 18.0. The van der Waals surface area contributed by atoms with Gasteiger partial charge in [0.25, 0.3) is 5.78 Å². The summed E-state index contributed by atoms with van der Waals surface area (Å²) >= 11 is 0.801. The number of benzene rings is 1. The number of aromatic nitrogens is 5. The number of sulfone groups is 1. The molecule has 25 heavy (non-hydrogen) atoms. The average Bonchev–Trinajstić information content (AvgIpc) is 3.26. The number of aromatic amines is 1.